The Morgan fingerprint density at radius 1 is 1.25 bits per heavy atom. The van der Waals surface area contributed by atoms with Gasteiger partial charge in [0.1, 0.15) is 0 Å². The zero-order chi connectivity index (χ0) is 12.5. The minimum absolute atomic E-state index is 0.400. The predicted octanol–water partition coefficient (Wildman–Crippen LogP) is 2.83. The van der Waals surface area contributed by atoms with Gasteiger partial charge in [-0.25, -0.2) is 17.2 Å². The van der Waals surface area contributed by atoms with E-state index in [-0.39, 0.29) is 0 Å². The Kier molecular flexibility index (Phi) is 4.07. The molecule has 2 atom stereocenters. The van der Waals surface area contributed by atoms with Gasteiger partial charge in [-0.15, -0.1) is 0 Å². The number of alkyl halides is 1. The van der Waals surface area contributed by atoms with Crippen LogP contribution >= 0.6 is 15.9 Å². The quantitative estimate of drug-likeness (QED) is 0.804. The smallest absolute Gasteiger partial charge is 0.159 e. The minimum atomic E-state index is -3.24. The molecule has 0 aliphatic heterocycles. The lowest BCUT2D eigenvalue weighted by Crippen LogP contribution is -2.21. The summed E-state index contributed by atoms with van der Waals surface area (Å²) in [6.07, 6.45) is 1.10. The summed E-state index contributed by atoms with van der Waals surface area (Å²) in [7, 11) is -3.24. The summed E-state index contributed by atoms with van der Waals surface area (Å²) in [6.45, 7) is 1.51. The summed E-state index contributed by atoms with van der Waals surface area (Å²) in [5.74, 6) is -1.93. The second-order valence-corrected chi connectivity index (χ2v) is 7.00. The molecular formula is C10H11BrF2O2S. The van der Waals surface area contributed by atoms with E-state index in [1.54, 1.807) is 0 Å². The number of hydrogen-bond donors (Lipinski definition) is 0. The third-order valence-electron chi connectivity index (χ3n) is 2.35. The molecule has 0 spiro atoms. The lowest BCUT2D eigenvalue weighted by molar-refractivity contribution is 0.506. The summed E-state index contributed by atoms with van der Waals surface area (Å²) >= 11 is 3.18. The topological polar surface area (TPSA) is 34.1 Å². The van der Waals surface area contributed by atoms with Crippen LogP contribution < -0.4 is 0 Å². The van der Waals surface area contributed by atoms with Gasteiger partial charge < -0.3 is 0 Å². The molecule has 1 aromatic carbocycles. The van der Waals surface area contributed by atoms with E-state index < -0.39 is 31.5 Å². The molecule has 0 aliphatic rings. The van der Waals surface area contributed by atoms with Crippen molar-refractivity contribution in [3.05, 3.63) is 35.4 Å². The summed E-state index contributed by atoms with van der Waals surface area (Å²) in [5.41, 5.74) is 0.400. The van der Waals surface area contributed by atoms with Crippen LogP contribution in [0.15, 0.2) is 18.2 Å². The van der Waals surface area contributed by atoms with Gasteiger partial charge >= 0.3 is 0 Å². The van der Waals surface area contributed by atoms with E-state index >= 15 is 0 Å². The standard InChI is InChI=1S/C10H11BrF2O2S/c1-6(16(2,14)15)10(11)7-3-4-8(12)9(13)5-7/h3-6,10H,1-2H3. The lowest BCUT2D eigenvalue weighted by Gasteiger charge is -2.17. The van der Waals surface area contributed by atoms with E-state index in [0.717, 1.165) is 18.4 Å². The molecule has 0 fully saturated rings. The molecule has 1 aromatic rings. The van der Waals surface area contributed by atoms with Gasteiger partial charge in [0.15, 0.2) is 21.5 Å². The lowest BCUT2D eigenvalue weighted by atomic mass is 10.1. The molecule has 0 saturated heterocycles. The molecular weight excluding hydrogens is 302 g/mol. The highest BCUT2D eigenvalue weighted by molar-refractivity contribution is 9.09. The first-order valence-electron chi connectivity index (χ1n) is 4.51. The van der Waals surface area contributed by atoms with Crippen LogP contribution in [0.2, 0.25) is 0 Å². The van der Waals surface area contributed by atoms with Crippen LogP contribution in [0.5, 0.6) is 0 Å². The van der Waals surface area contributed by atoms with Crippen molar-refractivity contribution in [1.82, 2.24) is 0 Å². The van der Waals surface area contributed by atoms with E-state index in [4.69, 9.17) is 0 Å². The Morgan fingerprint density at radius 2 is 1.81 bits per heavy atom. The molecule has 0 saturated carbocycles. The van der Waals surface area contributed by atoms with Gasteiger partial charge in [0.25, 0.3) is 0 Å². The van der Waals surface area contributed by atoms with Crippen molar-refractivity contribution >= 4 is 25.8 Å². The van der Waals surface area contributed by atoms with Crippen LogP contribution in [0.3, 0.4) is 0 Å². The fraction of sp³-hybridized carbons (Fsp3) is 0.400. The molecule has 0 aromatic heterocycles. The number of sulfone groups is 1. The molecule has 0 bridgehead atoms. The van der Waals surface area contributed by atoms with E-state index in [2.05, 4.69) is 15.9 Å². The normalized spacial score (nSPS) is 15.8. The first kappa shape index (κ1) is 13.6. The third-order valence-corrected chi connectivity index (χ3v) is 5.64. The molecule has 90 valence electrons. The summed E-state index contributed by atoms with van der Waals surface area (Å²) in [5, 5.41) is -0.711. The van der Waals surface area contributed by atoms with E-state index in [9.17, 15) is 17.2 Å². The van der Waals surface area contributed by atoms with Gasteiger partial charge in [-0.1, -0.05) is 22.0 Å². The van der Waals surface area contributed by atoms with Crippen molar-refractivity contribution < 1.29 is 17.2 Å². The highest BCUT2D eigenvalue weighted by Crippen LogP contribution is 2.30. The van der Waals surface area contributed by atoms with Crippen molar-refractivity contribution in [3.63, 3.8) is 0 Å². The second-order valence-electron chi connectivity index (χ2n) is 3.61. The van der Waals surface area contributed by atoms with Crippen LogP contribution in [-0.2, 0) is 9.84 Å². The van der Waals surface area contributed by atoms with Gasteiger partial charge in [-0.2, -0.15) is 0 Å². The van der Waals surface area contributed by atoms with Crippen molar-refractivity contribution in [2.75, 3.05) is 6.26 Å². The molecule has 0 heterocycles. The number of rotatable bonds is 3. The first-order valence-corrected chi connectivity index (χ1v) is 7.38. The average Bonchev–Trinajstić information content (AvgIpc) is 2.18. The fourth-order valence-electron chi connectivity index (χ4n) is 1.17. The highest BCUT2D eigenvalue weighted by Gasteiger charge is 2.25. The van der Waals surface area contributed by atoms with Gasteiger partial charge in [-0.05, 0) is 24.6 Å². The molecule has 0 amide bonds. The monoisotopic (exact) mass is 312 g/mol. The Hall–Kier alpha value is -0.490. The number of hydrogen-bond acceptors (Lipinski definition) is 2. The van der Waals surface area contributed by atoms with E-state index in [1.807, 2.05) is 0 Å². The van der Waals surface area contributed by atoms with Gasteiger partial charge in [0.05, 0.1) is 10.1 Å². The number of benzene rings is 1. The van der Waals surface area contributed by atoms with E-state index in [0.29, 0.717) is 5.56 Å². The zero-order valence-electron chi connectivity index (χ0n) is 8.75. The maximum atomic E-state index is 13.0. The van der Waals surface area contributed by atoms with Crippen molar-refractivity contribution in [1.29, 1.82) is 0 Å². The summed E-state index contributed by atoms with van der Waals surface area (Å²) in [6, 6.07) is 3.34. The minimum Gasteiger partial charge on any atom is -0.229 e. The maximum Gasteiger partial charge on any atom is 0.159 e. The first-order chi connectivity index (χ1) is 7.23. The van der Waals surface area contributed by atoms with Crippen LogP contribution in [0.1, 0.15) is 17.3 Å². The van der Waals surface area contributed by atoms with Crippen LogP contribution in [-0.4, -0.2) is 19.9 Å². The zero-order valence-corrected chi connectivity index (χ0v) is 11.1. The summed E-state index contributed by atoms with van der Waals surface area (Å²) < 4.78 is 48.2. The Morgan fingerprint density at radius 3 is 2.25 bits per heavy atom. The average molecular weight is 313 g/mol. The fourth-order valence-corrected chi connectivity index (χ4v) is 3.22. The molecule has 0 aliphatic carbocycles. The van der Waals surface area contributed by atoms with Crippen molar-refractivity contribution in [2.24, 2.45) is 0 Å². The van der Waals surface area contributed by atoms with E-state index in [1.165, 1.54) is 13.0 Å². The number of halogens is 3. The molecule has 16 heavy (non-hydrogen) atoms. The van der Waals surface area contributed by atoms with Crippen LogP contribution in [0.25, 0.3) is 0 Å². The third kappa shape index (κ3) is 3.01. The van der Waals surface area contributed by atoms with Crippen LogP contribution in [0.4, 0.5) is 8.78 Å². The molecule has 1 rings (SSSR count). The Balaban J connectivity index is 3.06. The largest absolute Gasteiger partial charge is 0.229 e. The SMILES string of the molecule is CC(C(Br)c1ccc(F)c(F)c1)S(C)(=O)=O. The molecule has 2 unspecified atom stereocenters. The predicted molar refractivity (Wildman–Crippen MR) is 62.3 cm³/mol. The van der Waals surface area contributed by atoms with Crippen molar-refractivity contribution in [3.8, 4) is 0 Å². The van der Waals surface area contributed by atoms with Crippen LogP contribution in [0, 0.1) is 11.6 Å². The van der Waals surface area contributed by atoms with Gasteiger partial charge in [0.2, 0.25) is 0 Å². The summed E-state index contributed by atoms with van der Waals surface area (Å²) in [4.78, 5) is -0.558. The Labute approximate surface area is 102 Å². The molecule has 0 radical (unpaired) electrons. The van der Waals surface area contributed by atoms with Gasteiger partial charge in [0, 0.05) is 6.26 Å². The highest BCUT2D eigenvalue weighted by atomic mass is 79.9. The second kappa shape index (κ2) is 4.79. The van der Waals surface area contributed by atoms with Crippen molar-refractivity contribution in [2.45, 2.75) is 17.0 Å². The molecule has 6 heteroatoms. The Bertz CT molecular complexity index is 488. The molecule has 0 N–H and O–H groups in total. The maximum absolute atomic E-state index is 13.0. The molecule has 2 nitrogen and oxygen atoms in total. The van der Waals surface area contributed by atoms with Gasteiger partial charge in [-0.3, -0.25) is 0 Å².